The average Bonchev–Trinajstić information content (AvgIpc) is 3.10. The van der Waals surface area contributed by atoms with Crippen molar-refractivity contribution in [1.29, 1.82) is 0 Å². The number of carbonyl (C=O) groups excluding carboxylic acids is 1. The number of H-pyrrole nitrogens is 1. The number of phosphoric ester groups is 2. The van der Waals surface area contributed by atoms with E-state index < -0.39 is 101 Å². The van der Waals surface area contributed by atoms with E-state index in [0.29, 0.717) is 0 Å². The molecule has 3 heterocycles. The van der Waals surface area contributed by atoms with Crippen LogP contribution in [0.4, 0.5) is 0 Å². The van der Waals surface area contributed by atoms with Gasteiger partial charge in [0.1, 0.15) is 42.7 Å². The Morgan fingerprint density at radius 3 is 2.28 bits per heavy atom. The van der Waals surface area contributed by atoms with Crippen molar-refractivity contribution in [3.63, 3.8) is 0 Å². The van der Waals surface area contributed by atoms with Crippen molar-refractivity contribution < 1.29 is 72.1 Å². The second-order valence-electron chi connectivity index (χ2n) is 8.42. The summed E-state index contributed by atoms with van der Waals surface area (Å²) in [5.74, 6) is -0.796. The van der Waals surface area contributed by atoms with E-state index in [0.717, 1.165) is 23.8 Å². The first kappa shape index (κ1) is 31.7. The van der Waals surface area contributed by atoms with Gasteiger partial charge in [0.15, 0.2) is 12.5 Å². The monoisotopic (exact) mass is 607 g/mol. The maximum absolute atomic E-state index is 12.4. The van der Waals surface area contributed by atoms with Crippen LogP contribution in [0.5, 0.6) is 0 Å². The molecule has 0 bridgehead atoms. The first-order chi connectivity index (χ1) is 18.0. The number of phosphoric acid groups is 2. The van der Waals surface area contributed by atoms with Crippen LogP contribution in [0.3, 0.4) is 0 Å². The number of aliphatic hydroxyl groups is 5. The van der Waals surface area contributed by atoms with E-state index >= 15 is 0 Å². The molecular weight excluding hydrogens is 580 g/mol. The summed E-state index contributed by atoms with van der Waals surface area (Å²) in [4.78, 5) is 56.4. The average molecular weight is 607 g/mol. The Morgan fingerprint density at radius 2 is 1.69 bits per heavy atom. The van der Waals surface area contributed by atoms with Crippen LogP contribution >= 0.6 is 15.6 Å². The maximum Gasteiger partial charge on any atom is 0.483 e. The zero-order valence-corrected chi connectivity index (χ0v) is 21.6. The lowest BCUT2D eigenvalue weighted by molar-refractivity contribution is -0.247. The minimum Gasteiger partial charge on any atom is -0.394 e. The molecule has 3 unspecified atom stereocenters. The normalized spacial score (nSPS) is 36.2. The van der Waals surface area contributed by atoms with Crippen LogP contribution < -0.4 is 16.6 Å². The highest BCUT2D eigenvalue weighted by Crippen LogP contribution is 2.61. The maximum atomic E-state index is 12.4. The van der Waals surface area contributed by atoms with Crippen molar-refractivity contribution in [2.75, 3.05) is 13.2 Å². The summed E-state index contributed by atoms with van der Waals surface area (Å²) < 4.78 is 49.2. The lowest BCUT2D eigenvalue weighted by atomic mass is 9.97. The molecule has 0 spiro atoms. The SMILES string of the molecule is CC(=O)N[C@H]1[C@H](OP(=O)(O)OP(=O)(O)OC[C@H]2OC(n3ccc(=O)[nH]c3=O)[C@H](O)[C@@H]2O)O[C@H](CO)[C@H](O)[C@@H]1O. The van der Waals surface area contributed by atoms with Gasteiger partial charge in [0, 0.05) is 19.2 Å². The Bertz CT molecular complexity index is 1240. The number of hydrogen-bond acceptors (Lipinski definition) is 15. The first-order valence-electron chi connectivity index (χ1n) is 11.0. The predicted molar refractivity (Wildman–Crippen MR) is 120 cm³/mol. The van der Waals surface area contributed by atoms with Gasteiger partial charge in [-0.3, -0.25) is 28.2 Å². The zero-order chi connectivity index (χ0) is 29.3. The number of ether oxygens (including phenoxy) is 2. The second kappa shape index (κ2) is 12.3. The van der Waals surface area contributed by atoms with E-state index in [1.165, 1.54) is 0 Å². The van der Waals surface area contributed by atoms with Gasteiger partial charge in [-0.2, -0.15) is 4.31 Å². The highest BCUT2D eigenvalue weighted by atomic mass is 31.3. The fourth-order valence-electron chi connectivity index (χ4n) is 3.76. The number of amides is 1. The molecule has 3 rings (SSSR count). The van der Waals surface area contributed by atoms with Crippen molar-refractivity contribution >= 4 is 21.6 Å². The molecule has 20 nitrogen and oxygen atoms in total. The highest BCUT2D eigenvalue weighted by Gasteiger charge is 2.50. The molecule has 9 N–H and O–H groups in total. The Balaban J connectivity index is 1.66. The molecule has 0 aromatic carbocycles. The van der Waals surface area contributed by atoms with Gasteiger partial charge in [0.2, 0.25) is 5.91 Å². The number of hydrogen-bond donors (Lipinski definition) is 9. The van der Waals surface area contributed by atoms with Crippen LogP contribution in [-0.2, 0) is 36.8 Å². The lowest BCUT2D eigenvalue weighted by Crippen LogP contribution is -2.64. The predicted octanol–water partition coefficient (Wildman–Crippen LogP) is -4.65. The number of nitrogens with zero attached hydrogens (tertiary/aromatic N) is 1. The van der Waals surface area contributed by atoms with Gasteiger partial charge in [0.25, 0.3) is 5.56 Å². The van der Waals surface area contributed by atoms with Gasteiger partial charge >= 0.3 is 21.3 Å². The molecule has 2 aliphatic rings. The molecular formula is C17H27N3O17P2. The largest absolute Gasteiger partial charge is 0.483 e. The molecule has 2 fully saturated rings. The molecule has 1 amide bonds. The summed E-state index contributed by atoms with van der Waals surface area (Å²) in [5.41, 5.74) is -1.75. The molecule has 1 aromatic rings. The number of carbonyl (C=O) groups is 1. The van der Waals surface area contributed by atoms with Gasteiger partial charge in [-0.15, -0.1) is 0 Å². The van der Waals surface area contributed by atoms with E-state index in [9.17, 15) is 58.8 Å². The standard InChI is InChI=1S/C17H27N3O17P2/c1-6(22)18-10-13(26)11(24)7(4-21)35-16(10)36-39(31,32)37-38(29,30)33-5-8-12(25)14(27)15(34-8)20-3-2-9(23)19-17(20)28/h2-3,7-8,10-16,21,24-27H,4-5H2,1H3,(H,18,22)(H,29,30)(H,31,32)(H,19,23,28)/t7-,8-,10-,11+,12-,13-,14-,15?,16+/m1/s1. The molecule has 222 valence electrons. The summed E-state index contributed by atoms with van der Waals surface area (Å²) in [6.45, 7) is -0.940. The number of nitrogens with one attached hydrogen (secondary N) is 2. The van der Waals surface area contributed by atoms with Crippen molar-refractivity contribution in [1.82, 2.24) is 14.9 Å². The molecule has 2 aliphatic heterocycles. The third-order valence-electron chi connectivity index (χ3n) is 5.56. The summed E-state index contributed by atoms with van der Waals surface area (Å²) in [6.07, 6.45) is -13.0. The lowest BCUT2D eigenvalue weighted by Gasteiger charge is -2.42. The van der Waals surface area contributed by atoms with Crippen molar-refractivity contribution in [3.05, 3.63) is 33.1 Å². The van der Waals surface area contributed by atoms with Crippen LogP contribution in [0.25, 0.3) is 0 Å². The molecule has 39 heavy (non-hydrogen) atoms. The summed E-state index contributed by atoms with van der Waals surface area (Å²) in [7, 11) is -11.1. The number of aromatic nitrogens is 2. The van der Waals surface area contributed by atoms with Gasteiger partial charge in [-0.05, 0) is 0 Å². The Morgan fingerprint density at radius 1 is 1.05 bits per heavy atom. The van der Waals surface area contributed by atoms with Gasteiger partial charge in [-0.25, -0.2) is 13.9 Å². The van der Waals surface area contributed by atoms with Crippen molar-refractivity contribution in [3.8, 4) is 0 Å². The number of aromatic amines is 1. The minimum atomic E-state index is -5.63. The summed E-state index contributed by atoms with van der Waals surface area (Å²) in [5, 5.41) is 51.9. The van der Waals surface area contributed by atoms with Crippen LogP contribution in [0.2, 0.25) is 0 Å². The third kappa shape index (κ3) is 7.66. The summed E-state index contributed by atoms with van der Waals surface area (Å²) >= 11 is 0. The third-order valence-corrected chi connectivity index (χ3v) is 8.16. The zero-order valence-electron chi connectivity index (χ0n) is 19.8. The molecule has 22 heteroatoms. The fraction of sp³-hybridized carbons (Fsp3) is 0.706. The quantitative estimate of drug-likeness (QED) is 0.113. The smallest absolute Gasteiger partial charge is 0.394 e. The molecule has 0 aliphatic carbocycles. The van der Waals surface area contributed by atoms with Crippen molar-refractivity contribution in [2.24, 2.45) is 0 Å². The molecule has 1 aromatic heterocycles. The molecule has 11 atom stereocenters. The molecule has 0 saturated carbocycles. The van der Waals surface area contributed by atoms with Gasteiger partial charge in [0.05, 0.1) is 13.2 Å². The molecule has 2 saturated heterocycles. The highest BCUT2D eigenvalue weighted by molar-refractivity contribution is 7.61. The van der Waals surface area contributed by atoms with Crippen LogP contribution in [0, 0.1) is 0 Å². The van der Waals surface area contributed by atoms with E-state index in [1.54, 1.807) is 0 Å². The summed E-state index contributed by atoms with van der Waals surface area (Å²) in [6, 6.07) is -0.766. The van der Waals surface area contributed by atoms with Gasteiger partial charge in [-0.1, -0.05) is 0 Å². The van der Waals surface area contributed by atoms with E-state index in [4.69, 9.17) is 9.47 Å². The van der Waals surface area contributed by atoms with Crippen LogP contribution in [-0.4, -0.2) is 113 Å². The van der Waals surface area contributed by atoms with Crippen molar-refractivity contribution in [2.45, 2.75) is 62.1 Å². The van der Waals surface area contributed by atoms with Gasteiger partial charge < -0.3 is 50.1 Å². The fourth-order valence-corrected chi connectivity index (χ4v) is 5.92. The number of rotatable bonds is 10. The van der Waals surface area contributed by atoms with E-state index in [2.05, 4.69) is 18.7 Å². The topological polar surface area (TPSA) is 306 Å². The van der Waals surface area contributed by atoms with E-state index in [1.807, 2.05) is 4.98 Å². The van der Waals surface area contributed by atoms with Crippen LogP contribution in [0.1, 0.15) is 13.2 Å². The van der Waals surface area contributed by atoms with Crippen LogP contribution in [0.15, 0.2) is 21.9 Å². The Kier molecular flexibility index (Phi) is 10.0. The minimum absolute atomic E-state index is 0.723. The Labute approximate surface area is 217 Å². The molecule has 0 radical (unpaired) electrons. The first-order valence-corrected chi connectivity index (χ1v) is 14.0. The van der Waals surface area contributed by atoms with E-state index in [-0.39, 0.29) is 0 Å². The second-order valence-corrected chi connectivity index (χ2v) is 11.4. The Hall–Kier alpha value is -1.87. The number of aliphatic hydroxyl groups excluding tert-OH is 5.